The fraction of sp³-hybridized carbons (Fsp3) is 0.154. The van der Waals surface area contributed by atoms with E-state index in [1.54, 1.807) is 12.1 Å². The fourth-order valence-corrected chi connectivity index (χ4v) is 3.55. The van der Waals surface area contributed by atoms with Crippen LogP contribution in [0.2, 0.25) is 5.02 Å². The number of hydrogen-bond acceptors (Lipinski definition) is 3. The Morgan fingerprint density at radius 2 is 1.84 bits per heavy atom. The second kappa shape index (κ2) is 10.3. The van der Waals surface area contributed by atoms with Crippen molar-refractivity contribution in [1.82, 2.24) is 4.98 Å². The number of pyridine rings is 1. The van der Waals surface area contributed by atoms with Gasteiger partial charge in [0.25, 0.3) is 0 Å². The summed E-state index contributed by atoms with van der Waals surface area (Å²) in [5, 5.41) is -0.0617. The normalized spacial score (nSPS) is 12.8. The topological polar surface area (TPSA) is 70.4 Å². The van der Waals surface area contributed by atoms with E-state index in [9.17, 15) is 13.3 Å². The first-order valence-electron chi connectivity index (χ1n) is 6.07. The summed E-state index contributed by atoms with van der Waals surface area (Å²) in [5.74, 6) is 0. The predicted molar refractivity (Wildman–Crippen MR) is 104 cm³/mol. The van der Waals surface area contributed by atoms with Gasteiger partial charge in [-0.1, -0.05) is 39.7 Å². The molecule has 1 unspecified atom stereocenters. The Labute approximate surface area is 206 Å². The number of hydrogen-bond donors (Lipinski definition) is 3. The van der Waals surface area contributed by atoms with Gasteiger partial charge in [0, 0.05) is 16.2 Å². The third kappa shape index (κ3) is 6.24. The summed E-state index contributed by atoms with van der Waals surface area (Å²) in [7, 11) is -5.63. The molecule has 1 aromatic carbocycles. The molecule has 12 heteroatoms. The molecule has 0 aliphatic heterocycles. The minimum absolute atomic E-state index is 0. The Morgan fingerprint density at radius 1 is 1.24 bits per heavy atom. The Balaban J connectivity index is 0.00000288. The van der Waals surface area contributed by atoms with Gasteiger partial charge in [0.15, 0.2) is 0 Å². The zero-order valence-corrected chi connectivity index (χ0v) is 15.3. The number of nitrogens with zero attached hydrogens (tertiary/aromatic N) is 1. The van der Waals surface area contributed by atoms with Crippen molar-refractivity contribution in [2.75, 3.05) is 0 Å². The van der Waals surface area contributed by atoms with Crippen LogP contribution in [0.5, 0.6) is 0 Å². The zero-order valence-electron chi connectivity index (χ0n) is 11.2. The summed E-state index contributed by atoms with van der Waals surface area (Å²) in [5.41, 5.74) is -3.99. The van der Waals surface area contributed by atoms with Crippen LogP contribution in [-0.2, 0) is 10.2 Å². The second-order valence-electron chi connectivity index (χ2n) is 4.63. The van der Waals surface area contributed by atoms with Crippen LogP contribution in [0.3, 0.4) is 0 Å². The van der Waals surface area contributed by atoms with Crippen molar-refractivity contribution in [3.8, 4) is 0 Å². The molecule has 0 amide bonds. The van der Waals surface area contributed by atoms with E-state index in [0.29, 0.717) is 16.3 Å². The first kappa shape index (κ1) is 26.5. The molecule has 2 N–H and O–H groups in total. The van der Waals surface area contributed by atoms with Crippen molar-refractivity contribution in [2.24, 2.45) is 0 Å². The molecule has 0 saturated carbocycles. The first-order valence-corrected chi connectivity index (χ1v) is 9.37. The van der Waals surface area contributed by atoms with Gasteiger partial charge in [0.1, 0.15) is 0 Å². The van der Waals surface area contributed by atoms with Gasteiger partial charge in [-0.05, 0) is 23.8 Å². The van der Waals surface area contributed by atoms with Crippen LogP contribution in [0.15, 0.2) is 41.0 Å². The number of halogens is 4. The van der Waals surface area contributed by atoms with E-state index in [0.717, 1.165) is 6.07 Å². The van der Waals surface area contributed by atoms with Crippen LogP contribution < -0.4 is 0 Å². The molecule has 4 nitrogen and oxygen atoms in total. The van der Waals surface area contributed by atoms with Crippen LogP contribution >= 0.6 is 47.8 Å². The van der Waals surface area contributed by atoms with Gasteiger partial charge in [-0.25, -0.2) is 0 Å². The van der Waals surface area contributed by atoms with Crippen LogP contribution in [-0.4, -0.2) is 73.9 Å². The number of alkyl halides is 2. The zero-order chi connectivity index (χ0) is 17.4. The molecule has 128 valence electrons. The standard InChI is InChI=1S/C13H10BrClF2NO3PS.2Na.2H/c14-10-5-7(12(23)11-4-2-8(15)6-18-11)1-3-9(10)13(16,17)22(19,20)21;;;;/h1-6,12,23H,(H2,19,20,21);;;;. The molecule has 0 fully saturated rings. The van der Waals surface area contributed by atoms with Crippen molar-refractivity contribution in [1.29, 1.82) is 0 Å². The van der Waals surface area contributed by atoms with E-state index in [2.05, 4.69) is 33.5 Å². The van der Waals surface area contributed by atoms with E-state index < -0.39 is 24.1 Å². The Morgan fingerprint density at radius 3 is 2.28 bits per heavy atom. The summed E-state index contributed by atoms with van der Waals surface area (Å²) < 4.78 is 38.4. The molecule has 0 spiro atoms. The van der Waals surface area contributed by atoms with Crippen LogP contribution in [0.4, 0.5) is 8.78 Å². The maximum atomic E-state index is 13.8. The number of benzene rings is 1. The molecule has 0 aliphatic rings. The van der Waals surface area contributed by atoms with Gasteiger partial charge in [-0.2, -0.15) is 21.4 Å². The molecule has 2 aromatic rings. The average molecular weight is 493 g/mol. The molecule has 0 aliphatic carbocycles. The Kier molecular flexibility index (Phi) is 10.9. The molecule has 2 rings (SSSR count). The molecular weight excluding hydrogens is 481 g/mol. The molecule has 1 atom stereocenters. The van der Waals surface area contributed by atoms with Crippen LogP contribution in [0, 0.1) is 0 Å². The molecule has 25 heavy (non-hydrogen) atoms. The summed E-state index contributed by atoms with van der Waals surface area (Å²) in [6.07, 6.45) is 1.44. The minimum atomic E-state index is -5.63. The van der Waals surface area contributed by atoms with Gasteiger partial charge in [-0.15, -0.1) is 0 Å². The van der Waals surface area contributed by atoms with Crippen molar-refractivity contribution < 1.29 is 23.1 Å². The average Bonchev–Trinajstić information content (AvgIpc) is 2.45. The Hall–Kier alpha value is 1.50. The van der Waals surface area contributed by atoms with Crippen molar-refractivity contribution >= 4 is 107 Å². The van der Waals surface area contributed by atoms with E-state index in [-0.39, 0.29) is 63.6 Å². The van der Waals surface area contributed by atoms with Gasteiger partial charge in [0.05, 0.1) is 16.0 Å². The van der Waals surface area contributed by atoms with E-state index in [4.69, 9.17) is 21.4 Å². The number of rotatable bonds is 4. The fourth-order valence-electron chi connectivity index (χ4n) is 1.82. The molecule has 0 saturated heterocycles. The van der Waals surface area contributed by atoms with Crippen molar-refractivity contribution in [3.05, 3.63) is 62.8 Å². The van der Waals surface area contributed by atoms with Gasteiger partial charge >= 0.3 is 72.4 Å². The van der Waals surface area contributed by atoms with E-state index >= 15 is 0 Å². The van der Waals surface area contributed by atoms with Crippen molar-refractivity contribution in [2.45, 2.75) is 10.9 Å². The third-order valence-electron chi connectivity index (χ3n) is 3.03. The maximum absolute atomic E-state index is 13.8. The van der Waals surface area contributed by atoms with Gasteiger partial charge in [-0.3, -0.25) is 9.55 Å². The molecule has 1 heterocycles. The van der Waals surface area contributed by atoms with Gasteiger partial charge < -0.3 is 9.79 Å². The van der Waals surface area contributed by atoms with Crippen LogP contribution in [0.25, 0.3) is 0 Å². The van der Waals surface area contributed by atoms with Crippen LogP contribution in [0.1, 0.15) is 22.1 Å². The number of aromatic nitrogens is 1. The number of thiol groups is 1. The summed E-state index contributed by atoms with van der Waals surface area (Å²) >= 11 is 13.1. The van der Waals surface area contributed by atoms with E-state index in [1.165, 1.54) is 18.3 Å². The Bertz CT molecular complexity index is 782. The van der Waals surface area contributed by atoms with Crippen molar-refractivity contribution in [3.63, 3.8) is 0 Å². The molecule has 1 aromatic heterocycles. The molecular formula is C13H12BrClF2NNa2O3PS. The monoisotopic (exact) mass is 491 g/mol. The quantitative estimate of drug-likeness (QED) is 0.347. The summed E-state index contributed by atoms with van der Waals surface area (Å²) in [4.78, 5) is 21.7. The second-order valence-corrected chi connectivity index (χ2v) is 8.09. The summed E-state index contributed by atoms with van der Waals surface area (Å²) in [6, 6.07) is 6.87. The first-order chi connectivity index (χ1) is 10.5. The third-order valence-corrected chi connectivity index (χ3v) is 5.44. The predicted octanol–water partition coefficient (Wildman–Crippen LogP) is 3.45. The molecule has 0 bridgehead atoms. The van der Waals surface area contributed by atoms with E-state index in [1.807, 2.05) is 0 Å². The summed E-state index contributed by atoms with van der Waals surface area (Å²) in [6.45, 7) is 0. The molecule has 0 radical (unpaired) electrons. The SMILES string of the molecule is O=P(O)(O)C(F)(F)c1ccc(C(S)c2ccc(Cl)cn2)cc1Br.[NaH].[NaH]. The van der Waals surface area contributed by atoms with Gasteiger partial charge in [0.2, 0.25) is 0 Å².